The predicted molar refractivity (Wildman–Crippen MR) is 75.2 cm³/mol. The maximum atomic E-state index is 5.80. The number of hydrogen-bond acceptors (Lipinski definition) is 2. The number of nitrogens with two attached hydrogens (primary N) is 1. The zero-order chi connectivity index (χ0) is 12.4. The van der Waals surface area contributed by atoms with Crippen LogP contribution in [0.2, 0.25) is 0 Å². The van der Waals surface area contributed by atoms with Gasteiger partial charge in [-0.2, -0.15) is 0 Å². The minimum absolute atomic E-state index is 0.517. The van der Waals surface area contributed by atoms with Crippen molar-refractivity contribution < 1.29 is 0 Å². The smallest absolute Gasteiger partial charge is 0.0244 e. The lowest BCUT2D eigenvalue weighted by Crippen LogP contribution is -2.43. The van der Waals surface area contributed by atoms with Crippen molar-refractivity contribution in [1.29, 1.82) is 0 Å². The molecule has 2 aliphatic rings. The van der Waals surface area contributed by atoms with Crippen LogP contribution < -0.4 is 11.3 Å². The quantitative estimate of drug-likeness (QED) is 0.631. The van der Waals surface area contributed by atoms with Gasteiger partial charge in [-0.3, -0.25) is 11.3 Å². The van der Waals surface area contributed by atoms with E-state index >= 15 is 0 Å². The fraction of sp³-hybridized carbons (Fsp3) is 0.625. The Morgan fingerprint density at radius 2 is 1.94 bits per heavy atom. The van der Waals surface area contributed by atoms with Crippen LogP contribution >= 0.6 is 0 Å². The molecule has 0 bridgehead atoms. The van der Waals surface area contributed by atoms with E-state index in [1.54, 1.807) is 11.1 Å². The predicted octanol–water partition coefficient (Wildman–Crippen LogP) is 3.13. The van der Waals surface area contributed by atoms with Gasteiger partial charge in [-0.25, -0.2) is 0 Å². The van der Waals surface area contributed by atoms with E-state index in [1.165, 1.54) is 44.9 Å². The Bertz CT molecular complexity index is 396. The summed E-state index contributed by atoms with van der Waals surface area (Å²) in [6.45, 7) is 0. The molecule has 1 aromatic carbocycles. The average molecular weight is 244 g/mol. The van der Waals surface area contributed by atoms with E-state index in [4.69, 9.17) is 5.84 Å². The van der Waals surface area contributed by atoms with Crippen LogP contribution in [0.5, 0.6) is 0 Å². The van der Waals surface area contributed by atoms with Crippen LogP contribution in [0, 0.1) is 5.92 Å². The van der Waals surface area contributed by atoms with E-state index in [0.29, 0.717) is 6.04 Å². The zero-order valence-corrected chi connectivity index (χ0v) is 11.1. The number of nitrogens with one attached hydrogen (secondary N) is 1. The summed E-state index contributed by atoms with van der Waals surface area (Å²) in [4.78, 5) is 0. The highest BCUT2D eigenvalue weighted by Crippen LogP contribution is 2.40. The van der Waals surface area contributed by atoms with Crippen molar-refractivity contribution in [3.63, 3.8) is 0 Å². The zero-order valence-electron chi connectivity index (χ0n) is 11.1. The summed E-state index contributed by atoms with van der Waals surface area (Å²) in [5, 5.41) is 0. The van der Waals surface area contributed by atoms with Crippen molar-refractivity contribution in [2.24, 2.45) is 11.8 Å². The molecule has 0 heterocycles. The third kappa shape index (κ3) is 2.32. The van der Waals surface area contributed by atoms with E-state index in [-0.39, 0.29) is 0 Å². The molecule has 3 N–H and O–H groups in total. The lowest BCUT2D eigenvalue weighted by Gasteiger charge is -2.37. The normalized spacial score (nSPS) is 25.3. The first kappa shape index (κ1) is 12.2. The first-order valence-corrected chi connectivity index (χ1v) is 7.42. The molecule has 0 aliphatic heterocycles. The number of rotatable bonds is 4. The maximum absolute atomic E-state index is 5.80. The summed E-state index contributed by atoms with van der Waals surface area (Å²) >= 11 is 0. The van der Waals surface area contributed by atoms with Gasteiger partial charge in [0, 0.05) is 6.04 Å². The molecule has 1 saturated carbocycles. The molecule has 0 saturated heterocycles. The molecule has 1 aromatic rings. The summed E-state index contributed by atoms with van der Waals surface area (Å²) in [5.74, 6) is 7.34. The Hall–Kier alpha value is -0.860. The van der Waals surface area contributed by atoms with Crippen LogP contribution in [-0.2, 0) is 6.42 Å². The molecule has 0 amide bonds. The van der Waals surface area contributed by atoms with E-state index in [1.807, 2.05) is 0 Å². The van der Waals surface area contributed by atoms with Gasteiger partial charge >= 0.3 is 0 Å². The SMILES string of the molecule is NNC(CC1Cc2ccccc21)C1CCCCC1. The first-order valence-electron chi connectivity index (χ1n) is 7.42. The number of hydrazine groups is 1. The van der Waals surface area contributed by atoms with Gasteiger partial charge in [-0.15, -0.1) is 0 Å². The third-order valence-electron chi connectivity index (χ3n) is 4.93. The molecule has 18 heavy (non-hydrogen) atoms. The number of benzene rings is 1. The molecular weight excluding hydrogens is 220 g/mol. The summed E-state index contributed by atoms with van der Waals surface area (Å²) in [6, 6.07) is 9.38. The van der Waals surface area contributed by atoms with Crippen LogP contribution in [0.3, 0.4) is 0 Å². The van der Waals surface area contributed by atoms with Gasteiger partial charge in [-0.05, 0) is 48.6 Å². The van der Waals surface area contributed by atoms with Crippen molar-refractivity contribution in [1.82, 2.24) is 5.43 Å². The van der Waals surface area contributed by atoms with E-state index in [0.717, 1.165) is 11.8 Å². The molecule has 0 radical (unpaired) electrons. The van der Waals surface area contributed by atoms with Crippen LogP contribution in [0.25, 0.3) is 0 Å². The molecule has 2 unspecified atom stereocenters. The van der Waals surface area contributed by atoms with Crippen LogP contribution in [0.1, 0.15) is 55.6 Å². The minimum atomic E-state index is 0.517. The number of hydrogen-bond donors (Lipinski definition) is 2. The van der Waals surface area contributed by atoms with E-state index in [2.05, 4.69) is 29.7 Å². The highest BCUT2D eigenvalue weighted by atomic mass is 15.2. The average Bonchev–Trinajstić information content (AvgIpc) is 2.41. The maximum Gasteiger partial charge on any atom is 0.0244 e. The Morgan fingerprint density at radius 3 is 2.67 bits per heavy atom. The molecule has 0 spiro atoms. The Labute approximate surface area is 110 Å². The lowest BCUT2D eigenvalue weighted by atomic mass is 9.71. The second-order valence-electron chi connectivity index (χ2n) is 6.01. The van der Waals surface area contributed by atoms with Crippen molar-refractivity contribution >= 4 is 0 Å². The van der Waals surface area contributed by atoms with Crippen molar-refractivity contribution in [2.75, 3.05) is 0 Å². The molecule has 0 aromatic heterocycles. The first-order chi connectivity index (χ1) is 8.88. The standard InChI is InChI=1S/C16H24N2/c17-18-16(12-6-2-1-3-7-12)11-14-10-13-8-4-5-9-15(13)14/h4-5,8-9,12,14,16,18H,1-3,6-7,10-11,17H2. The highest BCUT2D eigenvalue weighted by molar-refractivity contribution is 5.39. The molecule has 2 atom stereocenters. The monoisotopic (exact) mass is 244 g/mol. The largest absolute Gasteiger partial charge is 0.271 e. The van der Waals surface area contributed by atoms with Gasteiger partial charge in [0.2, 0.25) is 0 Å². The summed E-state index contributed by atoms with van der Waals surface area (Å²) < 4.78 is 0. The Morgan fingerprint density at radius 1 is 1.17 bits per heavy atom. The molecule has 3 rings (SSSR count). The summed E-state index contributed by atoms with van der Waals surface area (Å²) in [7, 11) is 0. The molecule has 2 nitrogen and oxygen atoms in total. The number of fused-ring (bicyclic) bond motifs is 1. The Kier molecular flexibility index (Phi) is 3.67. The van der Waals surface area contributed by atoms with Gasteiger partial charge in [-0.1, -0.05) is 43.5 Å². The minimum Gasteiger partial charge on any atom is -0.271 e. The fourth-order valence-electron chi connectivity index (χ4n) is 3.81. The van der Waals surface area contributed by atoms with Gasteiger partial charge < -0.3 is 0 Å². The van der Waals surface area contributed by atoms with Gasteiger partial charge in [0.25, 0.3) is 0 Å². The second-order valence-corrected chi connectivity index (χ2v) is 6.01. The molecule has 2 heteroatoms. The van der Waals surface area contributed by atoms with E-state index in [9.17, 15) is 0 Å². The topological polar surface area (TPSA) is 38.0 Å². The van der Waals surface area contributed by atoms with Crippen molar-refractivity contribution in [3.8, 4) is 0 Å². The summed E-state index contributed by atoms with van der Waals surface area (Å²) in [5.41, 5.74) is 6.21. The van der Waals surface area contributed by atoms with Crippen LogP contribution in [0.15, 0.2) is 24.3 Å². The summed E-state index contributed by atoms with van der Waals surface area (Å²) in [6.07, 6.45) is 9.40. The van der Waals surface area contributed by atoms with Crippen LogP contribution in [-0.4, -0.2) is 6.04 Å². The van der Waals surface area contributed by atoms with Gasteiger partial charge in [0.1, 0.15) is 0 Å². The molecule has 2 aliphatic carbocycles. The molecule has 1 fully saturated rings. The van der Waals surface area contributed by atoms with E-state index < -0.39 is 0 Å². The Balaban J connectivity index is 1.61. The highest BCUT2D eigenvalue weighted by Gasteiger charge is 2.31. The lowest BCUT2D eigenvalue weighted by molar-refractivity contribution is 0.245. The van der Waals surface area contributed by atoms with Crippen molar-refractivity contribution in [2.45, 2.75) is 56.9 Å². The van der Waals surface area contributed by atoms with Crippen molar-refractivity contribution in [3.05, 3.63) is 35.4 Å². The molecule has 98 valence electrons. The van der Waals surface area contributed by atoms with Gasteiger partial charge in [0.05, 0.1) is 0 Å². The second kappa shape index (κ2) is 5.41. The fourth-order valence-corrected chi connectivity index (χ4v) is 3.81. The third-order valence-corrected chi connectivity index (χ3v) is 4.93. The van der Waals surface area contributed by atoms with Crippen LogP contribution in [0.4, 0.5) is 0 Å². The molecular formula is C16H24N2. The van der Waals surface area contributed by atoms with Gasteiger partial charge in [0.15, 0.2) is 0 Å².